The maximum Gasteiger partial charge on any atom is 0.324 e. The molecule has 6 heterocycles. The monoisotopic (exact) mass is 596 g/mol. The van der Waals surface area contributed by atoms with E-state index in [9.17, 15) is 19.9 Å². The highest BCUT2D eigenvalue weighted by Crippen LogP contribution is 2.49. The molecule has 8 N–H and O–H groups in total. The Morgan fingerprint density at radius 2 is 1.77 bits per heavy atom. The van der Waals surface area contributed by atoms with Crippen molar-refractivity contribution in [2.24, 2.45) is 0 Å². The predicted molar refractivity (Wildman–Crippen MR) is 140 cm³/mol. The van der Waals surface area contributed by atoms with Crippen molar-refractivity contribution in [1.82, 2.24) is 39.0 Å². The zero-order valence-corrected chi connectivity index (χ0v) is 22.3. The maximum absolute atomic E-state index is 12.1. The van der Waals surface area contributed by atoms with Crippen LogP contribution in [-0.4, -0.2) is 91.8 Å². The maximum atomic E-state index is 12.1. The molecule has 6 rings (SSSR count). The second-order valence-corrected chi connectivity index (χ2v) is 12.0. The van der Waals surface area contributed by atoms with Gasteiger partial charge in [-0.3, -0.25) is 18.9 Å². The summed E-state index contributed by atoms with van der Waals surface area (Å²) >= 11 is 5.20. The van der Waals surface area contributed by atoms with Crippen molar-refractivity contribution >= 4 is 52.6 Å². The van der Waals surface area contributed by atoms with E-state index in [-0.39, 0.29) is 42.4 Å². The van der Waals surface area contributed by atoms with Gasteiger partial charge in [-0.15, -0.1) is 0 Å². The number of hydrogen-bond donors (Lipinski definition) is 6. The number of fused-ring (bicyclic) bond motifs is 2. The molecule has 2 aliphatic rings. The number of aromatic nitrogens is 8. The Labute approximate surface area is 229 Å². The smallest absolute Gasteiger partial charge is 0.324 e. The molecule has 4 aromatic rings. The van der Waals surface area contributed by atoms with Crippen molar-refractivity contribution in [3.63, 3.8) is 0 Å². The van der Waals surface area contributed by atoms with Crippen LogP contribution in [0.5, 0.6) is 0 Å². The number of nitrogens with zero attached hydrogens (tertiary/aromatic N) is 7. The van der Waals surface area contributed by atoms with Gasteiger partial charge in [-0.1, -0.05) is 0 Å². The molecule has 0 saturated carbocycles. The fraction of sp³-hybridized carbons (Fsp3) is 0.500. The molecule has 1 unspecified atom stereocenters. The van der Waals surface area contributed by atoms with E-state index in [1.165, 1.54) is 23.5 Å². The van der Waals surface area contributed by atoms with Gasteiger partial charge in [-0.25, -0.2) is 19.9 Å². The van der Waals surface area contributed by atoms with Gasteiger partial charge in [0.1, 0.15) is 36.5 Å². The summed E-state index contributed by atoms with van der Waals surface area (Å²) in [6.07, 6.45) is -0.433. The third kappa shape index (κ3) is 4.95. The van der Waals surface area contributed by atoms with E-state index < -0.39 is 55.8 Å². The minimum Gasteiger partial charge on any atom is -0.394 e. The number of rotatable bonds is 8. The second kappa shape index (κ2) is 10.4. The molecule has 0 aliphatic carbocycles. The average molecular weight is 597 g/mol. The van der Waals surface area contributed by atoms with Crippen molar-refractivity contribution in [3.05, 3.63) is 29.3 Å². The predicted octanol–water partition coefficient (Wildman–Crippen LogP) is -1.33. The summed E-state index contributed by atoms with van der Waals surface area (Å²) in [7, 11) is 0. The molecule has 4 aromatic heterocycles. The number of nitrogens with two attached hydrogens (primary N) is 2. The number of aliphatic hydroxyl groups is 2. The molecule has 0 amide bonds. The van der Waals surface area contributed by atoms with Crippen LogP contribution in [0.1, 0.15) is 25.3 Å². The molecule has 2 aliphatic heterocycles. The molecule has 214 valence electrons. The summed E-state index contributed by atoms with van der Waals surface area (Å²) in [5, 5.41) is 20.4. The summed E-state index contributed by atoms with van der Waals surface area (Å²) in [5.74, 6) is 0.120. The molecule has 18 nitrogen and oxygen atoms in total. The molecular formula is C20H25N10O8PS. The van der Waals surface area contributed by atoms with Gasteiger partial charge >= 0.3 is 6.72 Å². The Morgan fingerprint density at radius 1 is 1.07 bits per heavy atom. The summed E-state index contributed by atoms with van der Waals surface area (Å²) in [4.78, 5) is 45.7. The van der Waals surface area contributed by atoms with E-state index in [1.54, 1.807) is 4.57 Å². The van der Waals surface area contributed by atoms with E-state index in [4.69, 9.17) is 41.8 Å². The van der Waals surface area contributed by atoms with E-state index in [0.29, 0.717) is 11.2 Å². The zero-order chi connectivity index (χ0) is 28.2. The Hall–Kier alpha value is -3.13. The van der Waals surface area contributed by atoms with Crippen LogP contribution < -0.4 is 17.0 Å². The first-order valence-corrected chi connectivity index (χ1v) is 14.6. The van der Waals surface area contributed by atoms with E-state index in [2.05, 4.69) is 29.9 Å². The van der Waals surface area contributed by atoms with Crippen LogP contribution in [0.25, 0.3) is 22.3 Å². The van der Waals surface area contributed by atoms with Crippen molar-refractivity contribution in [2.75, 3.05) is 24.7 Å². The highest BCUT2D eigenvalue weighted by Gasteiger charge is 2.42. The SMILES string of the molecule is Nc1nc2c(ncn2[C@H]2C[C@H](O)[C@@H](COP(O)(=S)O[C@H]3C[C@H](n4cnc5c(N)ncnc54)O[C@@H]3CO)O2)c(=O)[nH]1. The first-order chi connectivity index (χ1) is 19.1. The van der Waals surface area contributed by atoms with E-state index in [1.807, 2.05) is 0 Å². The molecule has 0 spiro atoms. The van der Waals surface area contributed by atoms with Gasteiger partial charge in [0.05, 0.1) is 38.1 Å². The fourth-order valence-electron chi connectivity index (χ4n) is 4.79. The average Bonchev–Trinajstić information content (AvgIpc) is 3.67. The highest BCUT2D eigenvalue weighted by molar-refractivity contribution is 8.07. The number of imidazole rings is 2. The fourth-order valence-corrected chi connectivity index (χ4v) is 6.26. The van der Waals surface area contributed by atoms with Gasteiger partial charge in [0.25, 0.3) is 5.56 Å². The van der Waals surface area contributed by atoms with Crippen LogP contribution in [0.15, 0.2) is 23.8 Å². The molecule has 40 heavy (non-hydrogen) atoms. The zero-order valence-electron chi connectivity index (χ0n) is 20.5. The number of aliphatic hydroxyl groups excluding tert-OH is 2. The molecule has 20 heteroatoms. The molecular weight excluding hydrogens is 571 g/mol. The summed E-state index contributed by atoms with van der Waals surface area (Å²) < 4.78 is 26.1. The van der Waals surface area contributed by atoms with Crippen LogP contribution in [0.4, 0.5) is 11.8 Å². The molecule has 2 saturated heterocycles. The van der Waals surface area contributed by atoms with Crippen LogP contribution in [0, 0.1) is 0 Å². The Kier molecular flexibility index (Phi) is 7.01. The lowest BCUT2D eigenvalue weighted by Gasteiger charge is -2.24. The van der Waals surface area contributed by atoms with E-state index >= 15 is 0 Å². The normalized spacial score (nSPS) is 28.5. The van der Waals surface area contributed by atoms with Crippen LogP contribution in [0.3, 0.4) is 0 Å². The Balaban J connectivity index is 1.10. The largest absolute Gasteiger partial charge is 0.394 e. The van der Waals surface area contributed by atoms with Crippen molar-refractivity contribution in [3.8, 4) is 0 Å². The Morgan fingerprint density at radius 3 is 2.55 bits per heavy atom. The lowest BCUT2D eigenvalue weighted by molar-refractivity contribution is -0.0507. The first kappa shape index (κ1) is 27.1. The topological polar surface area (TPSA) is 257 Å². The third-order valence-electron chi connectivity index (χ3n) is 6.69. The molecule has 7 atom stereocenters. The highest BCUT2D eigenvalue weighted by atomic mass is 32.5. The van der Waals surface area contributed by atoms with Gasteiger partial charge in [-0.2, -0.15) is 4.98 Å². The summed E-state index contributed by atoms with van der Waals surface area (Å²) in [5.41, 5.74) is 12.1. The number of ether oxygens (including phenoxy) is 2. The van der Waals surface area contributed by atoms with Crippen molar-refractivity contribution in [2.45, 2.75) is 49.7 Å². The van der Waals surface area contributed by atoms with Gasteiger partial charge in [-0.05, 0) is 11.8 Å². The molecule has 0 aromatic carbocycles. The van der Waals surface area contributed by atoms with Crippen LogP contribution >= 0.6 is 6.72 Å². The van der Waals surface area contributed by atoms with E-state index in [0.717, 1.165) is 0 Å². The molecule has 2 fully saturated rings. The first-order valence-electron chi connectivity index (χ1n) is 12.0. The van der Waals surface area contributed by atoms with Gasteiger partial charge in [0.2, 0.25) is 5.95 Å². The van der Waals surface area contributed by atoms with Gasteiger partial charge < -0.3 is 45.1 Å². The number of H-pyrrole nitrogens is 1. The van der Waals surface area contributed by atoms with Crippen molar-refractivity contribution < 1.29 is 33.6 Å². The quantitative estimate of drug-likeness (QED) is 0.129. The third-order valence-corrected chi connectivity index (χ3v) is 8.28. The van der Waals surface area contributed by atoms with Crippen LogP contribution in [-0.2, 0) is 30.3 Å². The minimum atomic E-state index is -3.88. The number of hydrogen-bond acceptors (Lipinski definition) is 15. The number of aromatic amines is 1. The number of nitrogens with one attached hydrogen (secondary N) is 1. The molecule has 0 bridgehead atoms. The van der Waals surface area contributed by atoms with Gasteiger partial charge in [0.15, 0.2) is 22.6 Å². The number of nitrogen functional groups attached to an aromatic ring is 2. The lowest BCUT2D eigenvalue weighted by Crippen LogP contribution is -2.29. The second-order valence-electron chi connectivity index (χ2n) is 9.25. The minimum absolute atomic E-state index is 0.0707. The lowest BCUT2D eigenvalue weighted by atomic mass is 10.2. The van der Waals surface area contributed by atoms with Gasteiger partial charge in [0, 0.05) is 12.8 Å². The van der Waals surface area contributed by atoms with Crippen molar-refractivity contribution in [1.29, 1.82) is 0 Å². The standard InChI is InChI=1S/C20H25N10O8PS/c21-16-14-17(24-5-23-16)29(6-25-14)13-2-9(10(3-31)36-13)38-39(34,40)35-4-11-8(32)1-12(37-11)30-7-26-15-18(30)27-20(22)28-19(15)33/h5-13,31-32H,1-4H2,(H,34,40)(H2,21,23,24)(H3,22,27,28,33)/t8-,9-,10+,11+,12+,13+,39?/m0/s1. The molecule has 0 radical (unpaired) electrons. The summed E-state index contributed by atoms with van der Waals surface area (Å²) in [6, 6.07) is 0. The number of anilines is 2. The Bertz CT molecular complexity index is 1660. The summed E-state index contributed by atoms with van der Waals surface area (Å²) in [6.45, 7) is -4.58. The van der Waals surface area contributed by atoms with Crippen LogP contribution in [0.2, 0.25) is 0 Å².